The molecule has 0 unspecified atom stereocenters. The number of pyridine rings is 1. The van der Waals surface area contributed by atoms with Crippen LogP contribution in [0.15, 0.2) is 42.7 Å². The average molecular weight is 271 g/mol. The minimum absolute atomic E-state index is 0.295. The standard InChI is InChI=1S/C15H17N3O2/c1-18(2)14-7-8-16-10-13(14)17-9-11-3-5-12(6-4-11)15(19)20/h3-8,10,17H,9H2,1-2H3,(H,19,20). The molecule has 0 aliphatic heterocycles. The van der Waals surface area contributed by atoms with Crippen LogP contribution in [-0.4, -0.2) is 30.2 Å². The van der Waals surface area contributed by atoms with Crippen molar-refractivity contribution in [3.05, 3.63) is 53.9 Å². The van der Waals surface area contributed by atoms with Gasteiger partial charge in [-0.15, -0.1) is 0 Å². The van der Waals surface area contributed by atoms with Crippen LogP contribution < -0.4 is 10.2 Å². The van der Waals surface area contributed by atoms with Crippen molar-refractivity contribution < 1.29 is 9.90 Å². The van der Waals surface area contributed by atoms with Crippen LogP contribution in [0.1, 0.15) is 15.9 Å². The second-order valence-electron chi connectivity index (χ2n) is 4.64. The maximum atomic E-state index is 10.8. The Labute approximate surface area is 117 Å². The first-order chi connectivity index (χ1) is 9.58. The van der Waals surface area contributed by atoms with E-state index < -0.39 is 5.97 Å². The van der Waals surface area contributed by atoms with E-state index in [-0.39, 0.29) is 0 Å². The van der Waals surface area contributed by atoms with E-state index in [1.165, 1.54) is 0 Å². The Bertz CT molecular complexity index is 594. The molecule has 1 heterocycles. The van der Waals surface area contributed by atoms with Gasteiger partial charge in [0, 0.05) is 26.8 Å². The Morgan fingerprint density at radius 3 is 2.55 bits per heavy atom. The summed E-state index contributed by atoms with van der Waals surface area (Å²) < 4.78 is 0. The monoisotopic (exact) mass is 271 g/mol. The molecule has 0 spiro atoms. The third kappa shape index (κ3) is 3.26. The van der Waals surface area contributed by atoms with Crippen molar-refractivity contribution in [2.24, 2.45) is 0 Å². The van der Waals surface area contributed by atoms with Crippen LogP contribution in [-0.2, 0) is 6.54 Å². The second-order valence-corrected chi connectivity index (χ2v) is 4.64. The lowest BCUT2D eigenvalue weighted by atomic mass is 10.1. The molecule has 0 atom stereocenters. The third-order valence-electron chi connectivity index (χ3n) is 2.96. The van der Waals surface area contributed by atoms with Gasteiger partial charge in [0.05, 0.1) is 23.1 Å². The lowest BCUT2D eigenvalue weighted by molar-refractivity contribution is 0.0697. The number of nitrogens with zero attached hydrogens (tertiary/aromatic N) is 2. The lowest BCUT2D eigenvalue weighted by Gasteiger charge is -2.17. The van der Waals surface area contributed by atoms with E-state index in [0.29, 0.717) is 12.1 Å². The van der Waals surface area contributed by atoms with E-state index in [4.69, 9.17) is 5.11 Å². The topological polar surface area (TPSA) is 65.5 Å². The minimum Gasteiger partial charge on any atom is -0.478 e. The SMILES string of the molecule is CN(C)c1ccncc1NCc1ccc(C(=O)O)cc1. The predicted octanol–water partition coefficient (Wildman–Crippen LogP) is 2.46. The fourth-order valence-corrected chi connectivity index (χ4v) is 1.88. The smallest absolute Gasteiger partial charge is 0.335 e. The molecule has 0 fully saturated rings. The zero-order valence-corrected chi connectivity index (χ0v) is 11.5. The van der Waals surface area contributed by atoms with Gasteiger partial charge in [-0.05, 0) is 23.8 Å². The Kier molecular flexibility index (Phi) is 4.20. The van der Waals surface area contributed by atoms with Crippen molar-refractivity contribution in [3.63, 3.8) is 0 Å². The van der Waals surface area contributed by atoms with Gasteiger partial charge in [-0.1, -0.05) is 12.1 Å². The summed E-state index contributed by atoms with van der Waals surface area (Å²) in [5.74, 6) is -0.910. The molecule has 0 saturated heterocycles. The van der Waals surface area contributed by atoms with E-state index in [1.54, 1.807) is 24.5 Å². The average Bonchev–Trinajstić information content (AvgIpc) is 2.45. The van der Waals surface area contributed by atoms with Crippen LogP contribution in [0.4, 0.5) is 11.4 Å². The first kappa shape index (κ1) is 13.9. The summed E-state index contributed by atoms with van der Waals surface area (Å²) in [5.41, 5.74) is 3.31. The number of anilines is 2. The quantitative estimate of drug-likeness (QED) is 0.874. The second kappa shape index (κ2) is 6.06. The van der Waals surface area contributed by atoms with Crippen LogP contribution >= 0.6 is 0 Å². The Balaban J connectivity index is 2.07. The van der Waals surface area contributed by atoms with Crippen LogP contribution in [0.5, 0.6) is 0 Å². The first-order valence-electron chi connectivity index (χ1n) is 6.25. The van der Waals surface area contributed by atoms with Gasteiger partial charge in [0.1, 0.15) is 0 Å². The van der Waals surface area contributed by atoms with Crippen molar-refractivity contribution in [2.45, 2.75) is 6.54 Å². The van der Waals surface area contributed by atoms with Crippen LogP contribution in [0.3, 0.4) is 0 Å². The van der Waals surface area contributed by atoms with Gasteiger partial charge in [0.2, 0.25) is 0 Å². The maximum absolute atomic E-state index is 10.8. The molecule has 0 saturated carbocycles. The van der Waals surface area contributed by atoms with Crippen molar-refractivity contribution >= 4 is 17.3 Å². The number of benzene rings is 1. The number of carboxylic acid groups (broad SMARTS) is 1. The van der Waals surface area contributed by atoms with E-state index in [1.807, 2.05) is 37.2 Å². The first-order valence-corrected chi connectivity index (χ1v) is 6.25. The van der Waals surface area contributed by atoms with Gasteiger partial charge in [-0.25, -0.2) is 4.79 Å². The zero-order valence-electron chi connectivity index (χ0n) is 11.5. The summed E-state index contributed by atoms with van der Waals surface area (Å²) in [6.45, 7) is 0.617. The van der Waals surface area contributed by atoms with Gasteiger partial charge >= 0.3 is 5.97 Å². The molecule has 20 heavy (non-hydrogen) atoms. The number of carboxylic acids is 1. The van der Waals surface area contributed by atoms with Crippen LogP contribution in [0, 0.1) is 0 Å². The number of rotatable bonds is 5. The Morgan fingerprint density at radius 2 is 1.95 bits per heavy atom. The molecule has 0 aliphatic carbocycles. The van der Waals surface area contributed by atoms with E-state index >= 15 is 0 Å². The third-order valence-corrected chi connectivity index (χ3v) is 2.96. The molecule has 0 aliphatic rings. The summed E-state index contributed by atoms with van der Waals surface area (Å²) in [5, 5.41) is 12.2. The van der Waals surface area contributed by atoms with Crippen molar-refractivity contribution in [1.82, 2.24) is 4.98 Å². The Morgan fingerprint density at radius 1 is 1.25 bits per heavy atom. The summed E-state index contributed by atoms with van der Waals surface area (Å²) >= 11 is 0. The number of carbonyl (C=O) groups is 1. The van der Waals surface area contributed by atoms with Gasteiger partial charge in [-0.3, -0.25) is 4.98 Å². The molecule has 0 radical (unpaired) electrons. The van der Waals surface area contributed by atoms with Gasteiger partial charge < -0.3 is 15.3 Å². The summed E-state index contributed by atoms with van der Waals surface area (Å²) in [7, 11) is 3.95. The number of nitrogens with one attached hydrogen (secondary N) is 1. The van der Waals surface area contributed by atoms with Crippen molar-refractivity contribution in [2.75, 3.05) is 24.3 Å². The number of hydrogen-bond acceptors (Lipinski definition) is 4. The largest absolute Gasteiger partial charge is 0.478 e. The highest BCUT2D eigenvalue weighted by molar-refractivity contribution is 5.87. The Hall–Kier alpha value is -2.56. The highest BCUT2D eigenvalue weighted by atomic mass is 16.4. The molecule has 5 heteroatoms. The molecule has 104 valence electrons. The number of aromatic nitrogens is 1. The molecular weight excluding hydrogens is 254 g/mol. The molecule has 1 aromatic heterocycles. The van der Waals surface area contributed by atoms with Crippen LogP contribution in [0.2, 0.25) is 0 Å². The molecule has 0 amide bonds. The molecular formula is C15H17N3O2. The van der Waals surface area contributed by atoms with E-state index in [0.717, 1.165) is 16.9 Å². The van der Waals surface area contributed by atoms with Gasteiger partial charge in [-0.2, -0.15) is 0 Å². The van der Waals surface area contributed by atoms with E-state index in [2.05, 4.69) is 10.3 Å². The fraction of sp³-hybridized carbons (Fsp3) is 0.200. The fourth-order valence-electron chi connectivity index (χ4n) is 1.88. The lowest BCUT2D eigenvalue weighted by Crippen LogP contribution is -2.12. The normalized spacial score (nSPS) is 10.1. The van der Waals surface area contributed by atoms with Crippen molar-refractivity contribution in [1.29, 1.82) is 0 Å². The molecule has 0 bridgehead atoms. The van der Waals surface area contributed by atoms with Gasteiger partial charge in [0.25, 0.3) is 0 Å². The van der Waals surface area contributed by atoms with Crippen LogP contribution in [0.25, 0.3) is 0 Å². The number of aromatic carboxylic acids is 1. The molecule has 1 aromatic carbocycles. The summed E-state index contributed by atoms with van der Waals surface area (Å²) in [6, 6.07) is 8.77. The summed E-state index contributed by atoms with van der Waals surface area (Å²) in [4.78, 5) is 16.9. The molecule has 2 aromatic rings. The van der Waals surface area contributed by atoms with Gasteiger partial charge in [0.15, 0.2) is 0 Å². The predicted molar refractivity (Wildman–Crippen MR) is 79.3 cm³/mol. The number of hydrogen-bond donors (Lipinski definition) is 2. The highest BCUT2D eigenvalue weighted by Crippen LogP contribution is 2.22. The van der Waals surface area contributed by atoms with E-state index in [9.17, 15) is 4.79 Å². The molecule has 2 rings (SSSR count). The summed E-state index contributed by atoms with van der Waals surface area (Å²) in [6.07, 6.45) is 3.53. The molecule has 5 nitrogen and oxygen atoms in total. The molecule has 2 N–H and O–H groups in total. The maximum Gasteiger partial charge on any atom is 0.335 e. The minimum atomic E-state index is -0.910. The van der Waals surface area contributed by atoms with Crippen molar-refractivity contribution in [3.8, 4) is 0 Å². The zero-order chi connectivity index (χ0) is 14.5. The highest BCUT2D eigenvalue weighted by Gasteiger charge is 2.05.